The minimum Gasteiger partial charge on any atom is -0.468 e. The van der Waals surface area contributed by atoms with Crippen LogP contribution in [0.25, 0.3) is 0 Å². The van der Waals surface area contributed by atoms with Gasteiger partial charge >= 0.3 is 5.97 Å². The molecule has 0 rings (SSSR count). The number of ether oxygens (including phenoxy) is 1. The Balaban J connectivity index is 3.12. The van der Waals surface area contributed by atoms with Gasteiger partial charge in [-0.3, -0.25) is 9.69 Å². The Morgan fingerprint density at radius 3 is 1.59 bits per heavy atom. The number of likely N-dealkylation sites (N-methyl/N-ethyl adjacent to an activating group) is 1. The van der Waals surface area contributed by atoms with Gasteiger partial charge in [0, 0.05) is 0 Å². The van der Waals surface area contributed by atoms with Crippen LogP contribution in [0, 0.1) is 0 Å². The zero-order valence-electron chi connectivity index (χ0n) is 15.4. The summed E-state index contributed by atoms with van der Waals surface area (Å²) in [5.41, 5.74) is 0. The number of nitrogens with zero attached hydrogens (tertiary/aromatic N) is 1. The van der Waals surface area contributed by atoms with Crippen molar-refractivity contribution in [2.75, 3.05) is 27.2 Å². The summed E-state index contributed by atoms with van der Waals surface area (Å²) in [5.74, 6) is -0.141. The maximum atomic E-state index is 11.1. The van der Waals surface area contributed by atoms with Gasteiger partial charge in [0.05, 0.1) is 13.7 Å². The van der Waals surface area contributed by atoms with E-state index in [4.69, 9.17) is 0 Å². The largest absolute Gasteiger partial charge is 0.468 e. The Labute approximate surface area is 138 Å². The Bertz CT molecular complexity index is 244. The van der Waals surface area contributed by atoms with Crippen LogP contribution in [0.15, 0.2) is 0 Å². The van der Waals surface area contributed by atoms with Crippen LogP contribution in [0.1, 0.15) is 90.4 Å². The molecule has 0 fully saturated rings. The number of methoxy groups -OCH3 is 1. The molecular formula is C19H39NO2. The molecule has 0 aromatic carbocycles. The molecule has 0 unspecified atom stereocenters. The van der Waals surface area contributed by atoms with Crippen molar-refractivity contribution in [1.82, 2.24) is 4.90 Å². The third-order valence-electron chi connectivity index (χ3n) is 4.27. The van der Waals surface area contributed by atoms with Crippen molar-refractivity contribution in [3.05, 3.63) is 0 Å². The van der Waals surface area contributed by atoms with E-state index in [-0.39, 0.29) is 5.97 Å². The predicted octanol–water partition coefficient (Wildman–Crippen LogP) is 5.18. The maximum absolute atomic E-state index is 11.1. The second-order valence-corrected chi connectivity index (χ2v) is 6.56. The van der Waals surface area contributed by atoms with Gasteiger partial charge in [0.25, 0.3) is 0 Å². The fourth-order valence-electron chi connectivity index (χ4n) is 2.76. The molecule has 0 atom stereocenters. The van der Waals surface area contributed by atoms with Gasteiger partial charge in [-0.15, -0.1) is 0 Å². The van der Waals surface area contributed by atoms with Crippen LogP contribution >= 0.6 is 0 Å². The van der Waals surface area contributed by atoms with E-state index in [1.165, 1.54) is 90.6 Å². The number of hydrogen-bond donors (Lipinski definition) is 0. The summed E-state index contributed by atoms with van der Waals surface area (Å²) in [6.07, 6.45) is 17.9. The van der Waals surface area contributed by atoms with Crippen LogP contribution in [0.2, 0.25) is 0 Å². The third kappa shape index (κ3) is 15.8. The van der Waals surface area contributed by atoms with E-state index in [9.17, 15) is 4.79 Å². The number of carbonyl (C=O) groups is 1. The molecule has 3 nitrogen and oxygen atoms in total. The first-order valence-corrected chi connectivity index (χ1v) is 9.46. The fraction of sp³-hybridized carbons (Fsp3) is 0.947. The maximum Gasteiger partial charge on any atom is 0.319 e. The molecule has 0 amide bonds. The lowest BCUT2D eigenvalue weighted by Crippen LogP contribution is -2.27. The van der Waals surface area contributed by atoms with Gasteiger partial charge in [-0.1, -0.05) is 84.0 Å². The van der Waals surface area contributed by atoms with Crippen molar-refractivity contribution >= 4 is 5.97 Å². The molecule has 0 aromatic heterocycles. The summed E-state index contributed by atoms with van der Waals surface area (Å²) in [6.45, 7) is 3.68. The molecule has 0 saturated carbocycles. The highest BCUT2D eigenvalue weighted by molar-refractivity contribution is 5.71. The van der Waals surface area contributed by atoms with Crippen molar-refractivity contribution in [3.8, 4) is 0 Å². The number of hydrogen-bond acceptors (Lipinski definition) is 3. The van der Waals surface area contributed by atoms with E-state index >= 15 is 0 Å². The summed E-state index contributed by atoms with van der Waals surface area (Å²) in [5, 5.41) is 0. The predicted molar refractivity (Wildman–Crippen MR) is 95.2 cm³/mol. The van der Waals surface area contributed by atoms with E-state index in [0.29, 0.717) is 6.54 Å². The second kappa shape index (κ2) is 16.8. The normalized spacial score (nSPS) is 11.1. The zero-order chi connectivity index (χ0) is 16.5. The number of rotatable bonds is 16. The Kier molecular flexibility index (Phi) is 16.4. The molecule has 0 N–H and O–H groups in total. The SMILES string of the molecule is CCCCCCCCCCCCCCCN(C)CC(=O)OC. The van der Waals surface area contributed by atoms with Crippen LogP contribution in [-0.2, 0) is 9.53 Å². The molecule has 0 heterocycles. The molecule has 0 aromatic rings. The van der Waals surface area contributed by atoms with Gasteiger partial charge in [0.2, 0.25) is 0 Å². The minimum absolute atomic E-state index is 0.141. The molecular weight excluding hydrogens is 274 g/mol. The lowest BCUT2D eigenvalue weighted by Gasteiger charge is -2.14. The molecule has 0 bridgehead atoms. The summed E-state index contributed by atoms with van der Waals surface area (Å²) < 4.78 is 4.66. The first-order chi connectivity index (χ1) is 10.7. The average Bonchev–Trinajstić information content (AvgIpc) is 2.51. The summed E-state index contributed by atoms with van der Waals surface area (Å²) in [4.78, 5) is 13.1. The minimum atomic E-state index is -0.141. The molecule has 3 heteroatoms. The monoisotopic (exact) mass is 313 g/mol. The van der Waals surface area contributed by atoms with Crippen LogP contribution in [-0.4, -0.2) is 38.1 Å². The van der Waals surface area contributed by atoms with Gasteiger partial charge in [0.15, 0.2) is 0 Å². The van der Waals surface area contributed by atoms with Gasteiger partial charge in [-0.25, -0.2) is 0 Å². The molecule has 0 radical (unpaired) electrons. The van der Waals surface area contributed by atoms with Crippen LogP contribution in [0.3, 0.4) is 0 Å². The van der Waals surface area contributed by atoms with Crippen molar-refractivity contribution < 1.29 is 9.53 Å². The molecule has 22 heavy (non-hydrogen) atoms. The Hall–Kier alpha value is -0.570. The fourth-order valence-corrected chi connectivity index (χ4v) is 2.76. The molecule has 0 aliphatic rings. The average molecular weight is 314 g/mol. The van der Waals surface area contributed by atoms with E-state index in [1.54, 1.807) is 0 Å². The smallest absolute Gasteiger partial charge is 0.319 e. The zero-order valence-corrected chi connectivity index (χ0v) is 15.4. The van der Waals surface area contributed by atoms with Crippen molar-refractivity contribution in [2.24, 2.45) is 0 Å². The van der Waals surface area contributed by atoms with E-state index in [2.05, 4.69) is 11.7 Å². The first-order valence-electron chi connectivity index (χ1n) is 9.46. The third-order valence-corrected chi connectivity index (χ3v) is 4.27. The van der Waals surface area contributed by atoms with E-state index in [1.807, 2.05) is 11.9 Å². The van der Waals surface area contributed by atoms with Crippen molar-refractivity contribution in [3.63, 3.8) is 0 Å². The summed E-state index contributed by atoms with van der Waals surface area (Å²) in [6, 6.07) is 0. The highest BCUT2D eigenvalue weighted by atomic mass is 16.5. The van der Waals surface area contributed by atoms with Crippen molar-refractivity contribution in [1.29, 1.82) is 0 Å². The number of carbonyl (C=O) groups excluding carboxylic acids is 1. The van der Waals surface area contributed by atoms with Gasteiger partial charge < -0.3 is 4.74 Å². The Morgan fingerprint density at radius 2 is 1.18 bits per heavy atom. The first kappa shape index (κ1) is 21.4. The van der Waals surface area contributed by atoms with Crippen LogP contribution in [0.4, 0.5) is 0 Å². The summed E-state index contributed by atoms with van der Waals surface area (Å²) >= 11 is 0. The van der Waals surface area contributed by atoms with Gasteiger partial charge in [0.1, 0.15) is 0 Å². The van der Waals surface area contributed by atoms with E-state index < -0.39 is 0 Å². The lowest BCUT2D eigenvalue weighted by molar-refractivity contribution is -0.141. The van der Waals surface area contributed by atoms with Crippen LogP contribution in [0.5, 0.6) is 0 Å². The molecule has 0 saturated heterocycles. The second-order valence-electron chi connectivity index (χ2n) is 6.56. The molecule has 132 valence electrons. The van der Waals surface area contributed by atoms with E-state index in [0.717, 1.165) is 6.54 Å². The Morgan fingerprint density at radius 1 is 0.773 bits per heavy atom. The highest BCUT2D eigenvalue weighted by Crippen LogP contribution is 2.12. The quantitative estimate of drug-likeness (QED) is 0.290. The molecule has 0 aliphatic carbocycles. The summed E-state index contributed by atoms with van der Waals surface area (Å²) in [7, 11) is 3.43. The number of unbranched alkanes of at least 4 members (excludes halogenated alkanes) is 12. The molecule has 0 spiro atoms. The molecule has 0 aliphatic heterocycles. The standard InChI is InChI=1S/C19H39NO2/c1-4-5-6-7-8-9-10-11-12-13-14-15-16-17-20(2)18-19(21)22-3/h4-18H2,1-3H3. The topological polar surface area (TPSA) is 29.5 Å². The van der Waals surface area contributed by atoms with Gasteiger partial charge in [-0.05, 0) is 20.0 Å². The number of esters is 1. The van der Waals surface area contributed by atoms with Crippen molar-refractivity contribution in [2.45, 2.75) is 90.4 Å². The van der Waals surface area contributed by atoms with Crippen LogP contribution < -0.4 is 0 Å². The van der Waals surface area contributed by atoms with Gasteiger partial charge in [-0.2, -0.15) is 0 Å². The lowest BCUT2D eigenvalue weighted by atomic mass is 10.0. The highest BCUT2D eigenvalue weighted by Gasteiger charge is 2.05.